The number of phenols is 2. The first-order valence-electron chi connectivity index (χ1n) is 8.25. The SMILES string of the molecule is CC(C)(C)C1CCc2c(oc3c(O)c4ccccc4c(O)c23)C1. The smallest absolute Gasteiger partial charge is 0.180 e. The zero-order chi connectivity index (χ0) is 16.4. The first-order valence-corrected chi connectivity index (χ1v) is 8.25. The van der Waals surface area contributed by atoms with Gasteiger partial charge in [-0.1, -0.05) is 45.0 Å². The molecule has 120 valence electrons. The Balaban J connectivity index is 1.99. The second kappa shape index (κ2) is 4.67. The van der Waals surface area contributed by atoms with Crippen LogP contribution in [0.1, 0.15) is 38.5 Å². The van der Waals surface area contributed by atoms with E-state index in [2.05, 4.69) is 20.8 Å². The van der Waals surface area contributed by atoms with Gasteiger partial charge < -0.3 is 14.6 Å². The van der Waals surface area contributed by atoms with Gasteiger partial charge in [0.15, 0.2) is 11.3 Å². The fourth-order valence-corrected chi connectivity index (χ4v) is 3.90. The van der Waals surface area contributed by atoms with Crippen LogP contribution in [0.25, 0.3) is 21.7 Å². The van der Waals surface area contributed by atoms with Gasteiger partial charge >= 0.3 is 0 Å². The minimum absolute atomic E-state index is 0.134. The average Bonchev–Trinajstić information content (AvgIpc) is 2.91. The van der Waals surface area contributed by atoms with Gasteiger partial charge in [-0.25, -0.2) is 0 Å². The zero-order valence-corrected chi connectivity index (χ0v) is 13.8. The molecule has 0 amide bonds. The normalized spacial score (nSPS) is 18.5. The second-order valence-electron chi connectivity index (χ2n) is 7.76. The van der Waals surface area contributed by atoms with E-state index in [1.54, 1.807) is 0 Å². The van der Waals surface area contributed by atoms with Crippen LogP contribution >= 0.6 is 0 Å². The van der Waals surface area contributed by atoms with E-state index in [1.165, 1.54) is 0 Å². The molecule has 0 bridgehead atoms. The van der Waals surface area contributed by atoms with Gasteiger partial charge in [-0.3, -0.25) is 0 Å². The summed E-state index contributed by atoms with van der Waals surface area (Å²) in [5.41, 5.74) is 1.73. The number of benzene rings is 2. The highest BCUT2D eigenvalue weighted by atomic mass is 16.4. The summed E-state index contributed by atoms with van der Waals surface area (Å²) in [5, 5.41) is 23.4. The van der Waals surface area contributed by atoms with Crippen molar-refractivity contribution in [1.29, 1.82) is 0 Å². The molecule has 1 atom stereocenters. The molecule has 23 heavy (non-hydrogen) atoms. The molecule has 0 radical (unpaired) electrons. The topological polar surface area (TPSA) is 53.6 Å². The van der Waals surface area contributed by atoms with Crippen molar-refractivity contribution in [3.8, 4) is 11.5 Å². The number of hydrogen-bond donors (Lipinski definition) is 2. The van der Waals surface area contributed by atoms with Crippen LogP contribution in [0.15, 0.2) is 28.7 Å². The van der Waals surface area contributed by atoms with Crippen molar-refractivity contribution >= 4 is 21.7 Å². The molecule has 0 aliphatic heterocycles. The highest BCUT2D eigenvalue weighted by Gasteiger charge is 2.33. The largest absolute Gasteiger partial charge is 0.507 e. The quantitative estimate of drug-likeness (QED) is 0.565. The molecule has 1 aliphatic rings. The fourth-order valence-electron chi connectivity index (χ4n) is 3.90. The Morgan fingerprint density at radius 2 is 1.70 bits per heavy atom. The summed E-state index contributed by atoms with van der Waals surface area (Å²) >= 11 is 0. The van der Waals surface area contributed by atoms with E-state index in [1.807, 2.05) is 24.3 Å². The molecule has 3 heteroatoms. The Morgan fingerprint density at radius 3 is 2.35 bits per heavy atom. The fraction of sp³-hybridized carbons (Fsp3) is 0.400. The third-order valence-corrected chi connectivity index (χ3v) is 5.38. The molecule has 0 saturated carbocycles. The lowest BCUT2D eigenvalue weighted by Gasteiger charge is -2.33. The molecular weight excluding hydrogens is 288 g/mol. The van der Waals surface area contributed by atoms with Gasteiger partial charge in [0.05, 0.1) is 5.39 Å². The van der Waals surface area contributed by atoms with Gasteiger partial charge in [-0.2, -0.15) is 0 Å². The lowest BCUT2D eigenvalue weighted by Crippen LogP contribution is -2.26. The number of furan rings is 1. The van der Waals surface area contributed by atoms with Crippen LogP contribution in [0.3, 0.4) is 0 Å². The molecule has 0 fully saturated rings. The van der Waals surface area contributed by atoms with Gasteiger partial charge in [-0.05, 0) is 24.2 Å². The summed E-state index contributed by atoms with van der Waals surface area (Å²) in [6.07, 6.45) is 2.83. The predicted octanol–water partition coefficient (Wildman–Crippen LogP) is 5.15. The van der Waals surface area contributed by atoms with Crippen molar-refractivity contribution in [3.63, 3.8) is 0 Å². The molecule has 3 aromatic rings. The molecule has 1 unspecified atom stereocenters. The number of fused-ring (bicyclic) bond motifs is 4. The lowest BCUT2D eigenvalue weighted by atomic mass is 9.72. The first kappa shape index (κ1) is 14.4. The number of hydrogen-bond acceptors (Lipinski definition) is 3. The predicted molar refractivity (Wildman–Crippen MR) is 92.0 cm³/mol. The third kappa shape index (κ3) is 2.03. The molecule has 1 aromatic heterocycles. The minimum Gasteiger partial charge on any atom is -0.507 e. The lowest BCUT2D eigenvalue weighted by molar-refractivity contribution is 0.204. The first-order chi connectivity index (χ1) is 10.9. The van der Waals surface area contributed by atoms with Crippen molar-refractivity contribution in [1.82, 2.24) is 0 Å². The summed E-state index contributed by atoms with van der Waals surface area (Å²) in [7, 11) is 0. The van der Waals surface area contributed by atoms with E-state index in [9.17, 15) is 10.2 Å². The summed E-state index contributed by atoms with van der Waals surface area (Å²) in [5.74, 6) is 1.84. The molecule has 1 heterocycles. The monoisotopic (exact) mass is 310 g/mol. The summed E-state index contributed by atoms with van der Waals surface area (Å²) in [4.78, 5) is 0. The maximum Gasteiger partial charge on any atom is 0.180 e. The highest BCUT2D eigenvalue weighted by Crippen LogP contribution is 2.48. The molecule has 2 aromatic carbocycles. The van der Waals surface area contributed by atoms with Crippen molar-refractivity contribution in [2.75, 3.05) is 0 Å². The van der Waals surface area contributed by atoms with E-state index in [-0.39, 0.29) is 16.9 Å². The zero-order valence-electron chi connectivity index (χ0n) is 13.8. The van der Waals surface area contributed by atoms with E-state index in [0.717, 1.165) is 30.6 Å². The Labute approximate surface area is 135 Å². The van der Waals surface area contributed by atoms with E-state index < -0.39 is 0 Å². The third-order valence-electron chi connectivity index (χ3n) is 5.38. The summed E-state index contributed by atoms with van der Waals surface area (Å²) in [6.45, 7) is 6.78. The van der Waals surface area contributed by atoms with Crippen molar-refractivity contribution in [2.24, 2.45) is 11.3 Å². The van der Waals surface area contributed by atoms with Gasteiger partial charge in [0.1, 0.15) is 11.5 Å². The number of aryl methyl sites for hydroxylation is 1. The Bertz CT molecular complexity index is 912. The van der Waals surface area contributed by atoms with Gasteiger partial charge in [0, 0.05) is 22.8 Å². The van der Waals surface area contributed by atoms with E-state index >= 15 is 0 Å². The van der Waals surface area contributed by atoms with Crippen LogP contribution in [0.5, 0.6) is 11.5 Å². The second-order valence-corrected chi connectivity index (χ2v) is 7.76. The molecule has 1 aliphatic carbocycles. The van der Waals surface area contributed by atoms with Crippen LogP contribution < -0.4 is 0 Å². The van der Waals surface area contributed by atoms with Crippen LogP contribution in [0, 0.1) is 11.3 Å². The highest BCUT2D eigenvalue weighted by molar-refractivity contribution is 6.10. The number of aromatic hydroxyl groups is 2. The van der Waals surface area contributed by atoms with Crippen molar-refractivity contribution in [2.45, 2.75) is 40.0 Å². The van der Waals surface area contributed by atoms with Gasteiger partial charge in [-0.15, -0.1) is 0 Å². The molecule has 2 N–H and O–H groups in total. The number of rotatable bonds is 0. The van der Waals surface area contributed by atoms with Gasteiger partial charge in [0.2, 0.25) is 0 Å². The van der Waals surface area contributed by atoms with Gasteiger partial charge in [0.25, 0.3) is 0 Å². The average molecular weight is 310 g/mol. The maximum atomic E-state index is 10.7. The molecule has 4 rings (SSSR count). The Hall–Kier alpha value is -2.16. The van der Waals surface area contributed by atoms with Crippen LogP contribution in [0.4, 0.5) is 0 Å². The standard InChI is InChI=1S/C20H22O3/c1-20(2,3)11-8-9-14-15(10-11)23-19-16(14)17(21)12-6-4-5-7-13(12)18(19)22/h4-7,11,21-22H,8-10H2,1-3H3. The number of phenolic OH excluding ortho intramolecular Hbond substituents is 2. The molecule has 3 nitrogen and oxygen atoms in total. The van der Waals surface area contributed by atoms with E-state index in [4.69, 9.17) is 4.42 Å². The molecular formula is C20H22O3. The van der Waals surface area contributed by atoms with E-state index in [0.29, 0.717) is 27.7 Å². The summed E-state index contributed by atoms with van der Waals surface area (Å²) < 4.78 is 6.03. The summed E-state index contributed by atoms with van der Waals surface area (Å²) in [6, 6.07) is 7.37. The maximum absolute atomic E-state index is 10.7. The van der Waals surface area contributed by atoms with Crippen LogP contribution in [-0.2, 0) is 12.8 Å². The van der Waals surface area contributed by atoms with Crippen molar-refractivity contribution < 1.29 is 14.6 Å². The Kier molecular flexibility index (Phi) is 2.93. The minimum atomic E-state index is 0.134. The van der Waals surface area contributed by atoms with Crippen LogP contribution in [-0.4, -0.2) is 10.2 Å². The van der Waals surface area contributed by atoms with Crippen molar-refractivity contribution in [3.05, 3.63) is 35.6 Å². The Morgan fingerprint density at radius 1 is 1.04 bits per heavy atom. The van der Waals surface area contributed by atoms with Crippen LogP contribution in [0.2, 0.25) is 0 Å². The molecule has 0 saturated heterocycles. The molecule has 0 spiro atoms.